The molecule has 128 valence electrons. The van der Waals surface area contributed by atoms with Crippen LogP contribution >= 0.6 is 0 Å². The second-order valence-corrected chi connectivity index (χ2v) is 6.00. The average molecular weight is 333 g/mol. The van der Waals surface area contributed by atoms with Crippen molar-refractivity contribution >= 4 is 23.0 Å². The maximum Gasteiger partial charge on any atom is 0.0725 e. The predicted molar refractivity (Wildman–Crippen MR) is 104 cm³/mol. The van der Waals surface area contributed by atoms with Crippen LogP contribution in [-0.2, 0) is 0 Å². The molecular weight excluding hydrogens is 310 g/mol. The lowest BCUT2D eigenvalue weighted by molar-refractivity contribution is 0.596. The Morgan fingerprint density at radius 1 is 1.28 bits per heavy atom. The van der Waals surface area contributed by atoms with Crippen LogP contribution in [0.3, 0.4) is 0 Å². The Kier molecular flexibility index (Phi) is 4.95. The SMILES string of the molecule is CN/C=C(\C=N)c1ccc2c(c1)C(c1cc(N)ccn1)=CCC2NC. The summed E-state index contributed by atoms with van der Waals surface area (Å²) < 4.78 is 0. The van der Waals surface area contributed by atoms with E-state index in [1.165, 1.54) is 11.8 Å². The van der Waals surface area contributed by atoms with Gasteiger partial charge in [-0.05, 0) is 48.4 Å². The Morgan fingerprint density at radius 3 is 2.80 bits per heavy atom. The Bertz CT molecular complexity index is 851. The Balaban J connectivity index is 2.15. The molecule has 1 aromatic carbocycles. The van der Waals surface area contributed by atoms with Crippen LogP contribution in [0.15, 0.2) is 48.8 Å². The summed E-state index contributed by atoms with van der Waals surface area (Å²) in [5.74, 6) is 0. The van der Waals surface area contributed by atoms with Crippen molar-refractivity contribution in [1.82, 2.24) is 15.6 Å². The van der Waals surface area contributed by atoms with Gasteiger partial charge in [0.1, 0.15) is 0 Å². The molecule has 0 fully saturated rings. The van der Waals surface area contributed by atoms with Crippen LogP contribution in [0, 0.1) is 5.41 Å². The molecule has 1 aliphatic rings. The monoisotopic (exact) mass is 333 g/mol. The highest BCUT2D eigenvalue weighted by Crippen LogP contribution is 2.37. The summed E-state index contributed by atoms with van der Waals surface area (Å²) >= 11 is 0. The fourth-order valence-corrected chi connectivity index (χ4v) is 3.22. The molecule has 0 saturated heterocycles. The molecule has 5 nitrogen and oxygen atoms in total. The first-order valence-corrected chi connectivity index (χ1v) is 8.30. The van der Waals surface area contributed by atoms with E-state index in [9.17, 15) is 0 Å². The van der Waals surface area contributed by atoms with Crippen molar-refractivity contribution in [1.29, 1.82) is 5.41 Å². The molecule has 0 aliphatic heterocycles. The molecule has 0 radical (unpaired) electrons. The van der Waals surface area contributed by atoms with E-state index in [1.807, 2.05) is 26.4 Å². The van der Waals surface area contributed by atoms with E-state index in [-0.39, 0.29) is 6.04 Å². The molecule has 0 saturated carbocycles. The van der Waals surface area contributed by atoms with Crippen LogP contribution in [0.1, 0.15) is 34.8 Å². The third-order valence-electron chi connectivity index (χ3n) is 4.47. The van der Waals surface area contributed by atoms with Gasteiger partial charge in [0.2, 0.25) is 0 Å². The molecule has 0 bridgehead atoms. The first kappa shape index (κ1) is 16.9. The second-order valence-electron chi connectivity index (χ2n) is 6.00. The van der Waals surface area contributed by atoms with Crippen molar-refractivity contribution in [3.63, 3.8) is 0 Å². The first-order valence-electron chi connectivity index (χ1n) is 8.30. The lowest BCUT2D eigenvalue weighted by atomic mass is 9.84. The highest BCUT2D eigenvalue weighted by atomic mass is 14.9. The largest absolute Gasteiger partial charge is 0.399 e. The van der Waals surface area contributed by atoms with Crippen molar-refractivity contribution in [2.24, 2.45) is 0 Å². The van der Waals surface area contributed by atoms with Gasteiger partial charge in [-0.25, -0.2) is 0 Å². The Hall–Kier alpha value is -2.92. The maximum atomic E-state index is 7.67. The van der Waals surface area contributed by atoms with Gasteiger partial charge in [0.15, 0.2) is 0 Å². The molecule has 1 heterocycles. The lowest BCUT2D eigenvalue weighted by Gasteiger charge is -2.26. The number of nitrogens with two attached hydrogens (primary N) is 1. The van der Waals surface area contributed by atoms with Crippen molar-refractivity contribution in [2.75, 3.05) is 19.8 Å². The minimum absolute atomic E-state index is 0.269. The quantitative estimate of drug-likeness (QED) is 0.634. The number of fused-ring (bicyclic) bond motifs is 1. The fraction of sp³-hybridized carbons (Fsp3) is 0.200. The zero-order chi connectivity index (χ0) is 17.8. The van der Waals surface area contributed by atoms with E-state index in [2.05, 4.69) is 39.9 Å². The average Bonchev–Trinajstić information content (AvgIpc) is 2.64. The number of allylic oxidation sites excluding steroid dienone is 1. The van der Waals surface area contributed by atoms with Crippen molar-refractivity contribution in [3.8, 4) is 0 Å². The van der Waals surface area contributed by atoms with Crippen LogP contribution in [-0.4, -0.2) is 25.3 Å². The smallest absolute Gasteiger partial charge is 0.0725 e. The zero-order valence-electron chi connectivity index (χ0n) is 14.5. The van der Waals surface area contributed by atoms with E-state index in [0.29, 0.717) is 5.69 Å². The molecule has 0 amide bonds. The number of hydrogen-bond donors (Lipinski definition) is 4. The van der Waals surface area contributed by atoms with Crippen molar-refractivity contribution in [3.05, 3.63) is 71.2 Å². The maximum absolute atomic E-state index is 7.67. The molecule has 1 aromatic heterocycles. The van der Waals surface area contributed by atoms with Crippen molar-refractivity contribution in [2.45, 2.75) is 12.5 Å². The van der Waals surface area contributed by atoms with Crippen LogP contribution in [0.2, 0.25) is 0 Å². The predicted octanol–water partition coefficient (Wildman–Crippen LogP) is 2.97. The van der Waals surface area contributed by atoms with Crippen LogP contribution < -0.4 is 16.4 Å². The third-order valence-corrected chi connectivity index (χ3v) is 4.47. The molecule has 1 aliphatic carbocycles. The Morgan fingerprint density at radius 2 is 2.12 bits per heavy atom. The highest BCUT2D eigenvalue weighted by molar-refractivity contribution is 6.08. The number of pyridine rings is 1. The second kappa shape index (κ2) is 7.32. The van der Waals surface area contributed by atoms with E-state index in [1.54, 1.807) is 12.3 Å². The van der Waals surface area contributed by atoms with Gasteiger partial charge in [-0.3, -0.25) is 4.98 Å². The number of rotatable bonds is 5. The topological polar surface area (TPSA) is 86.8 Å². The van der Waals surface area contributed by atoms with Gasteiger partial charge in [0, 0.05) is 48.5 Å². The number of benzene rings is 1. The summed E-state index contributed by atoms with van der Waals surface area (Å²) in [4.78, 5) is 4.50. The molecule has 5 N–H and O–H groups in total. The van der Waals surface area contributed by atoms with Gasteiger partial charge in [-0.15, -0.1) is 0 Å². The van der Waals surface area contributed by atoms with Gasteiger partial charge >= 0.3 is 0 Å². The molecule has 5 heteroatoms. The molecule has 0 spiro atoms. The number of hydrogen-bond acceptors (Lipinski definition) is 5. The summed E-state index contributed by atoms with van der Waals surface area (Å²) in [6, 6.07) is 10.3. The molecule has 1 atom stereocenters. The number of nitrogen functional groups attached to an aromatic ring is 1. The molecular formula is C20H23N5. The molecule has 2 aromatic rings. The Labute approximate surface area is 148 Å². The van der Waals surface area contributed by atoms with Gasteiger partial charge < -0.3 is 21.8 Å². The summed E-state index contributed by atoms with van der Waals surface area (Å²) in [5, 5.41) is 14.0. The minimum atomic E-state index is 0.269. The minimum Gasteiger partial charge on any atom is -0.399 e. The standard InChI is InChI=1S/C20H23N5/c1-23-12-14(11-21)13-3-4-16-18(9-13)17(5-6-19(16)24-2)20-10-15(22)7-8-25-20/h3-5,7-12,19,21,23-24H,6H2,1-2H3,(H2,22,25)/b14-12+,21-11?. The summed E-state index contributed by atoms with van der Waals surface area (Å²) in [6.07, 6.45) is 8.04. The number of nitrogens with one attached hydrogen (secondary N) is 3. The zero-order valence-corrected chi connectivity index (χ0v) is 14.5. The normalized spacial score (nSPS) is 16.8. The van der Waals surface area contributed by atoms with Gasteiger partial charge in [-0.2, -0.15) is 0 Å². The summed E-state index contributed by atoms with van der Waals surface area (Å²) in [6.45, 7) is 0. The summed E-state index contributed by atoms with van der Waals surface area (Å²) in [5.41, 5.74) is 12.8. The van der Waals surface area contributed by atoms with Crippen LogP contribution in [0.4, 0.5) is 5.69 Å². The van der Waals surface area contributed by atoms with E-state index >= 15 is 0 Å². The number of aromatic nitrogens is 1. The van der Waals surface area contributed by atoms with Gasteiger partial charge in [0.25, 0.3) is 0 Å². The number of anilines is 1. The van der Waals surface area contributed by atoms with Gasteiger partial charge in [-0.1, -0.05) is 18.2 Å². The third kappa shape index (κ3) is 3.32. The lowest BCUT2D eigenvalue weighted by Crippen LogP contribution is -2.20. The molecule has 1 unspecified atom stereocenters. The van der Waals surface area contributed by atoms with Gasteiger partial charge in [0.05, 0.1) is 5.69 Å². The van der Waals surface area contributed by atoms with Crippen molar-refractivity contribution < 1.29 is 0 Å². The van der Waals surface area contributed by atoms with E-state index < -0.39 is 0 Å². The summed E-state index contributed by atoms with van der Waals surface area (Å²) in [7, 11) is 3.81. The number of nitrogens with zero attached hydrogens (tertiary/aromatic N) is 1. The molecule has 25 heavy (non-hydrogen) atoms. The van der Waals surface area contributed by atoms with E-state index in [4.69, 9.17) is 11.1 Å². The van der Waals surface area contributed by atoms with Crippen LogP contribution in [0.5, 0.6) is 0 Å². The first-order chi connectivity index (χ1) is 12.2. The fourth-order valence-electron chi connectivity index (χ4n) is 3.22. The van der Waals surface area contributed by atoms with E-state index in [0.717, 1.165) is 34.4 Å². The molecule has 3 rings (SSSR count). The highest BCUT2D eigenvalue weighted by Gasteiger charge is 2.22. The van der Waals surface area contributed by atoms with Crippen LogP contribution in [0.25, 0.3) is 11.1 Å².